The Hall–Kier alpha value is -2.57. The van der Waals surface area contributed by atoms with Crippen molar-refractivity contribution < 1.29 is 14.3 Å². The molecule has 0 saturated carbocycles. The van der Waals surface area contributed by atoms with E-state index in [-0.39, 0.29) is 11.9 Å². The van der Waals surface area contributed by atoms with Crippen molar-refractivity contribution in [3.05, 3.63) is 64.7 Å². The zero-order chi connectivity index (χ0) is 21.0. The van der Waals surface area contributed by atoms with Gasteiger partial charge in [0.05, 0.1) is 7.11 Å². The summed E-state index contributed by atoms with van der Waals surface area (Å²) in [5.41, 5.74) is 2.37. The van der Waals surface area contributed by atoms with Gasteiger partial charge in [-0.2, -0.15) is 0 Å². The van der Waals surface area contributed by atoms with Gasteiger partial charge in [-0.05, 0) is 29.8 Å². The Morgan fingerprint density at radius 3 is 2.34 bits per heavy atom. The molecule has 0 N–H and O–H groups in total. The largest absolute Gasteiger partial charge is 0.468 e. The lowest BCUT2D eigenvalue weighted by Crippen LogP contribution is -2.51. The van der Waals surface area contributed by atoms with Gasteiger partial charge in [0.2, 0.25) is 0 Å². The van der Waals surface area contributed by atoms with E-state index in [2.05, 4.69) is 0 Å². The van der Waals surface area contributed by atoms with E-state index >= 15 is 0 Å². The molecule has 1 atom stereocenters. The summed E-state index contributed by atoms with van der Waals surface area (Å²) in [5.74, 6) is -0.350. The van der Waals surface area contributed by atoms with Gasteiger partial charge in [0, 0.05) is 56.5 Å². The predicted molar refractivity (Wildman–Crippen MR) is 114 cm³/mol. The first-order valence-electron chi connectivity index (χ1n) is 9.55. The number of halogens is 1. The molecule has 2 aromatic carbocycles. The van der Waals surface area contributed by atoms with Crippen LogP contribution < -0.4 is 4.90 Å². The van der Waals surface area contributed by atoms with Crippen LogP contribution in [0.5, 0.6) is 0 Å². The molecule has 1 aliphatic rings. The second-order valence-electron chi connectivity index (χ2n) is 7.22. The van der Waals surface area contributed by atoms with Crippen molar-refractivity contribution in [2.75, 3.05) is 52.3 Å². The molecule has 0 spiro atoms. The maximum Gasteiger partial charge on any atom is 0.327 e. The van der Waals surface area contributed by atoms with Crippen LogP contribution in [-0.2, 0) is 9.53 Å². The normalized spacial score (nSPS) is 15.7. The summed E-state index contributed by atoms with van der Waals surface area (Å²) < 4.78 is 5.03. The molecule has 0 aliphatic carbocycles. The number of piperazine rings is 1. The van der Waals surface area contributed by atoms with Crippen LogP contribution >= 0.6 is 11.6 Å². The van der Waals surface area contributed by atoms with Crippen molar-refractivity contribution in [3.8, 4) is 0 Å². The van der Waals surface area contributed by atoms with E-state index in [1.165, 1.54) is 7.11 Å². The summed E-state index contributed by atoms with van der Waals surface area (Å²) in [6, 6.07) is 14.3. The average molecular weight is 416 g/mol. The summed E-state index contributed by atoms with van der Waals surface area (Å²) in [5, 5.41) is 0.530. The lowest BCUT2D eigenvalue weighted by atomic mass is 10.0. The minimum atomic E-state index is -0.581. The summed E-state index contributed by atoms with van der Waals surface area (Å²) in [7, 11) is 5.28. The highest BCUT2D eigenvalue weighted by Gasteiger charge is 2.33. The van der Waals surface area contributed by atoms with Crippen LogP contribution in [0.25, 0.3) is 0 Å². The Kier molecular flexibility index (Phi) is 6.77. The van der Waals surface area contributed by atoms with Crippen LogP contribution in [0.2, 0.25) is 5.02 Å². The number of carbonyl (C=O) groups excluding carboxylic acids is 2. The van der Waals surface area contributed by atoms with Gasteiger partial charge in [0.25, 0.3) is 5.91 Å². The van der Waals surface area contributed by atoms with E-state index < -0.39 is 6.04 Å². The van der Waals surface area contributed by atoms with Gasteiger partial charge < -0.3 is 14.5 Å². The molecule has 0 bridgehead atoms. The predicted octanol–water partition coefficient (Wildman–Crippen LogP) is 3.08. The number of carbonyl (C=O) groups is 2. The summed E-state index contributed by atoms with van der Waals surface area (Å²) in [4.78, 5) is 31.3. The van der Waals surface area contributed by atoms with Gasteiger partial charge in [-0.25, -0.2) is 4.79 Å². The maximum absolute atomic E-state index is 12.9. The lowest BCUT2D eigenvalue weighted by molar-refractivity contribution is -0.148. The first-order chi connectivity index (χ1) is 13.9. The number of hydrogen-bond acceptors (Lipinski definition) is 5. The van der Waals surface area contributed by atoms with Crippen LogP contribution in [0, 0.1) is 0 Å². The van der Waals surface area contributed by atoms with Crippen LogP contribution in [0.4, 0.5) is 5.69 Å². The number of rotatable bonds is 5. The molecule has 1 aliphatic heterocycles. The number of ether oxygens (including phenoxy) is 1. The fourth-order valence-electron chi connectivity index (χ4n) is 3.56. The molecular weight excluding hydrogens is 390 g/mol. The number of methoxy groups -OCH3 is 1. The van der Waals surface area contributed by atoms with Crippen LogP contribution in [-0.4, -0.2) is 69.1 Å². The zero-order valence-electron chi connectivity index (χ0n) is 17.0. The van der Waals surface area contributed by atoms with E-state index in [1.807, 2.05) is 71.3 Å². The van der Waals surface area contributed by atoms with Crippen molar-refractivity contribution in [1.29, 1.82) is 0 Å². The van der Waals surface area contributed by atoms with E-state index in [4.69, 9.17) is 16.3 Å². The lowest BCUT2D eigenvalue weighted by Gasteiger charge is -2.38. The number of hydrogen-bond donors (Lipinski definition) is 0. The van der Waals surface area contributed by atoms with Gasteiger partial charge in [-0.15, -0.1) is 0 Å². The smallest absolute Gasteiger partial charge is 0.327 e. The van der Waals surface area contributed by atoms with Gasteiger partial charge in [0.1, 0.15) is 6.04 Å². The van der Waals surface area contributed by atoms with E-state index in [0.717, 1.165) is 11.3 Å². The molecule has 7 heteroatoms. The number of benzene rings is 2. The van der Waals surface area contributed by atoms with Crippen molar-refractivity contribution >= 4 is 29.2 Å². The van der Waals surface area contributed by atoms with E-state index in [9.17, 15) is 9.59 Å². The van der Waals surface area contributed by atoms with Crippen molar-refractivity contribution in [3.63, 3.8) is 0 Å². The summed E-state index contributed by atoms with van der Waals surface area (Å²) >= 11 is 6.34. The number of amides is 1. The van der Waals surface area contributed by atoms with Gasteiger partial charge in [0.15, 0.2) is 0 Å². The molecule has 2 aromatic rings. The molecule has 1 unspecified atom stereocenters. The Morgan fingerprint density at radius 2 is 1.72 bits per heavy atom. The molecule has 3 rings (SSSR count). The number of anilines is 1. The van der Waals surface area contributed by atoms with Gasteiger partial charge in [-0.3, -0.25) is 9.69 Å². The fourth-order valence-corrected chi connectivity index (χ4v) is 3.80. The Bertz CT molecular complexity index is 879. The van der Waals surface area contributed by atoms with Crippen LogP contribution in [0.3, 0.4) is 0 Å². The third-order valence-corrected chi connectivity index (χ3v) is 5.54. The minimum absolute atomic E-state index is 0.000659. The third-order valence-electron chi connectivity index (χ3n) is 5.20. The number of nitrogens with zero attached hydrogens (tertiary/aromatic N) is 3. The number of esters is 1. The molecule has 1 fully saturated rings. The summed E-state index contributed by atoms with van der Waals surface area (Å²) in [6.07, 6.45) is 0. The topological polar surface area (TPSA) is 53.1 Å². The highest BCUT2D eigenvalue weighted by Crippen LogP contribution is 2.29. The molecule has 154 valence electrons. The first kappa shape index (κ1) is 21.1. The van der Waals surface area contributed by atoms with Crippen molar-refractivity contribution in [2.24, 2.45) is 0 Å². The van der Waals surface area contributed by atoms with E-state index in [1.54, 1.807) is 6.07 Å². The molecule has 1 amide bonds. The van der Waals surface area contributed by atoms with Crippen molar-refractivity contribution in [1.82, 2.24) is 9.80 Å². The standard InChI is InChI=1S/C22H26ClN3O3/c1-24(2)17-8-6-7-16(15-17)21(27)26-13-11-25(12-14-26)20(22(28)29-3)18-9-4-5-10-19(18)23/h4-10,15,20H,11-14H2,1-3H3. The third kappa shape index (κ3) is 4.71. The minimum Gasteiger partial charge on any atom is -0.468 e. The zero-order valence-corrected chi connectivity index (χ0v) is 17.7. The van der Waals surface area contributed by atoms with E-state index in [0.29, 0.717) is 36.8 Å². The molecule has 0 aromatic heterocycles. The molecule has 6 nitrogen and oxygen atoms in total. The SMILES string of the molecule is COC(=O)C(c1ccccc1Cl)N1CCN(C(=O)c2cccc(N(C)C)c2)CC1. The first-order valence-corrected chi connectivity index (χ1v) is 9.93. The van der Waals surface area contributed by atoms with Gasteiger partial charge >= 0.3 is 5.97 Å². The quantitative estimate of drug-likeness (QED) is 0.702. The second kappa shape index (κ2) is 9.29. The van der Waals surface area contributed by atoms with Crippen LogP contribution in [0.1, 0.15) is 22.0 Å². The highest BCUT2D eigenvalue weighted by atomic mass is 35.5. The molecule has 29 heavy (non-hydrogen) atoms. The summed E-state index contributed by atoms with van der Waals surface area (Å²) in [6.45, 7) is 2.18. The molecule has 0 radical (unpaired) electrons. The Balaban J connectivity index is 1.73. The monoisotopic (exact) mass is 415 g/mol. The van der Waals surface area contributed by atoms with Gasteiger partial charge in [-0.1, -0.05) is 35.9 Å². The Labute approximate surface area is 176 Å². The molecule has 1 saturated heterocycles. The molecular formula is C22H26ClN3O3. The Morgan fingerprint density at radius 1 is 1.03 bits per heavy atom. The van der Waals surface area contributed by atoms with Crippen molar-refractivity contribution in [2.45, 2.75) is 6.04 Å². The average Bonchev–Trinajstić information content (AvgIpc) is 2.75. The highest BCUT2D eigenvalue weighted by molar-refractivity contribution is 6.31. The second-order valence-corrected chi connectivity index (χ2v) is 7.63. The van der Waals surface area contributed by atoms with Crippen LogP contribution in [0.15, 0.2) is 48.5 Å². The molecule has 1 heterocycles. The fraction of sp³-hybridized carbons (Fsp3) is 0.364. The maximum atomic E-state index is 12.9.